The molecular formula is C39H62O6. The molecule has 254 valence electrons. The van der Waals surface area contributed by atoms with Crippen molar-refractivity contribution in [3.8, 4) is 5.75 Å². The van der Waals surface area contributed by atoms with Gasteiger partial charge in [-0.05, 0) is 56.2 Å². The lowest BCUT2D eigenvalue weighted by molar-refractivity contribution is -0.134. The third-order valence-electron chi connectivity index (χ3n) is 10.2. The van der Waals surface area contributed by atoms with Crippen LogP contribution >= 0.6 is 0 Å². The summed E-state index contributed by atoms with van der Waals surface area (Å²) in [7, 11) is 0. The number of rotatable bonds is 28. The predicted molar refractivity (Wildman–Crippen MR) is 179 cm³/mol. The van der Waals surface area contributed by atoms with Crippen LogP contribution in [0.3, 0.4) is 0 Å². The molecule has 0 saturated carbocycles. The van der Waals surface area contributed by atoms with Gasteiger partial charge in [0.15, 0.2) is 0 Å². The van der Waals surface area contributed by atoms with E-state index >= 15 is 0 Å². The zero-order chi connectivity index (χ0) is 31.1. The first-order valence-electron chi connectivity index (χ1n) is 19.1. The normalized spacial score (nSPS) is 27.8. The summed E-state index contributed by atoms with van der Waals surface area (Å²) in [6.45, 7) is 3.20. The summed E-state index contributed by atoms with van der Waals surface area (Å²) < 4.78 is 28.5. The topological polar surface area (TPSA) is 76.4 Å². The number of carbonyl (C=O) groups excluding carboxylic acids is 1. The Labute approximate surface area is 273 Å². The van der Waals surface area contributed by atoms with Gasteiger partial charge in [-0.15, -0.1) is 0 Å². The summed E-state index contributed by atoms with van der Waals surface area (Å²) in [6, 6.07) is 8.12. The zero-order valence-electron chi connectivity index (χ0n) is 28.3. The van der Waals surface area contributed by atoms with E-state index in [0.29, 0.717) is 54.9 Å². The highest BCUT2D eigenvalue weighted by atomic mass is 16.6. The standard InChI is InChI=1S/C39H62O6/c1-2-3-4-5-9-14-22-33-34(43-33)23-15-11-7-12-17-25-39(40)42-31-21-18-20-30(26-31)19-13-8-6-10-16-24-35-37(44-35)28-38-36(45-38)27-32-29-41-32/h18,20-21,26,32-38H,2-17,19,22-25,27-29H2,1H3. The molecular weight excluding hydrogens is 564 g/mol. The molecule has 4 saturated heterocycles. The van der Waals surface area contributed by atoms with Crippen molar-refractivity contribution >= 4 is 5.97 Å². The molecule has 4 fully saturated rings. The van der Waals surface area contributed by atoms with Crippen molar-refractivity contribution in [3.05, 3.63) is 29.8 Å². The third kappa shape index (κ3) is 14.5. The highest BCUT2D eigenvalue weighted by Gasteiger charge is 2.49. The van der Waals surface area contributed by atoms with E-state index in [1.165, 1.54) is 115 Å². The molecule has 7 unspecified atom stereocenters. The predicted octanol–water partition coefficient (Wildman–Crippen LogP) is 9.44. The molecule has 0 bridgehead atoms. The van der Waals surface area contributed by atoms with E-state index in [1.807, 2.05) is 18.2 Å². The molecule has 0 aromatic heterocycles. The van der Waals surface area contributed by atoms with Crippen LogP contribution in [0.2, 0.25) is 0 Å². The first kappa shape index (κ1) is 34.9. The lowest BCUT2D eigenvalue weighted by atomic mass is 10.0. The quantitative estimate of drug-likeness (QED) is 0.0399. The van der Waals surface area contributed by atoms with Gasteiger partial charge < -0.3 is 23.7 Å². The second kappa shape index (κ2) is 19.4. The second-order valence-electron chi connectivity index (χ2n) is 14.4. The van der Waals surface area contributed by atoms with Crippen molar-refractivity contribution in [1.29, 1.82) is 0 Å². The Balaban J connectivity index is 0.787. The van der Waals surface area contributed by atoms with Crippen LogP contribution in [0.25, 0.3) is 0 Å². The maximum atomic E-state index is 12.4. The molecule has 5 rings (SSSR count). The van der Waals surface area contributed by atoms with Gasteiger partial charge in [-0.25, -0.2) is 0 Å². The molecule has 4 aliphatic heterocycles. The monoisotopic (exact) mass is 626 g/mol. The van der Waals surface area contributed by atoms with Crippen molar-refractivity contribution in [2.24, 2.45) is 0 Å². The van der Waals surface area contributed by atoms with E-state index in [0.717, 1.165) is 38.7 Å². The molecule has 0 spiro atoms. The number of carbonyl (C=O) groups is 1. The van der Waals surface area contributed by atoms with E-state index in [4.69, 9.17) is 23.7 Å². The minimum atomic E-state index is -0.102. The van der Waals surface area contributed by atoms with Gasteiger partial charge >= 0.3 is 5.97 Å². The van der Waals surface area contributed by atoms with Crippen LogP contribution in [0.5, 0.6) is 5.75 Å². The van der Waals surface area contributed by atoms with Crippen LogP contribution < -0.4 is 4.74 Å². The smallest absolute Gasteiger partial charge is 0.311 e. The summed E-state index contributed by atoms with van der Waals surface area (Å²) >= 11 is 0. The minimum Gasteiger partial charge on any atom is -0.427 e. The van der Waals surface area contributed by atoms with Crippen LogP contribution in [0.4, 0.5) is 0 Å². The zero-order valence-corrected chi connectivity index (χ0v) is 28.3. The Bertz CT molecular complexity index is 978. The summed E-state index contributed by atoms with van der Waals surface area (Å²) in [5.41, 5.74) is 1.26. The Kier molecular flexibility index (Phi) is 15.0. The highest BCUT2D eigenvalue weighted by molar-refractivity contribution is 5.72. The number of ether oxygens (including phenoxy) is 5. The Morgan fingerprint density at radius 1 is 0.667 bits per heavy atom. The fourth-order valence-corrected chi connectivity index (χ4v) is 7.04. The molecule has 6 heteroatoms. The summed E-state index contributed by atoms with van der Waals surface area (Å²) in [5.74, 6) is 0.593. The fraction of sp³-hybridized carbons (Fsp3) is 0.821. The maximum absolute atomic E-state index is 12.4. The molecule has 0 amide bonds. The summed E-state index contributed by atoms with van der Waals surface area (Å²) in [6.07, 6.45) is 30.8. The third-order valence-corrected chi connectivity index (χ3v) is 10.2. The number of hydrogen-bond donors (Lipinski definition) is 0. The van der Waals surface area contributed by atoms with Gasteiger partial charge in [0.25, 0.3) is 0 Å². The lowest BCUT2D eigenvalue weighted by Crippen LogP contribution is -2.07. The number of hydrogen-bond acceptors (Lipinski definition) is 6. The first-order chi connectivity index (χ1) is 22.2. The Morgan fingerprint density at radius 3 is 1.89 bits per heavy atom. The average molecular weight is 627 g/mol. The van der Waals surface area contributed by atoms with Gasteiger partial charge in [0.05, 0.1) is 49.3 Å². The summed E-state index contributed by atoms with van der Waals surface area (Å²) in [4.78, 5) is 12.4. The summed E-state index contributed by atoms with van der Waals surface area (Å²) in [5, 5.41) is 0. The highest BCUT2D eigenvalue weighted by Crippen LogP contribution is 2.40. The molecule has 7 atom stereocenters. The van der Waals surface area contributed by atoms with Crippen molar-refractivity contribution in [2.75, 3.05) is 6.61 Å². The molecule has 45 heavy (non-hydrogen) atoms. The average Bonchev–Trinajstić information content (AvgIpc) is 3.82. The molecule has 0 aliphatic carbocycles. The van der Waals surface area contributed by atoms with Crippen molar-refractivity contribution in [1.82, 2.24) is 0 Å². The van der Waals surface area contributed by atoms with Gasteiger partial charge in [0, 0.05) is 19.3 Å². The van der Waals surface area contributed by atoms with Gasteiger partial charge in [-0.1, -0.05) is 109 Å². The number of aryl methyl sites for hydroxylation is 1. The van der Waals surface area contributed by atoms with Crippen molar-refractivity contribution in [2.45, 2.75) is 197 Å². The van der Waals surface area contributed by atoms with Crippen LogP contribution in [-0.2, 0) is 30.2 Å². The largest absolute Gasteiger partial charge is 0.427 e. The van der Waals surface area contributed by atoms with Crippen LogP contribution in [0.15, 0.2) is 24.3 Å². The van der Waals surface area contributed by atoms with Crippen LogP contribution in [-0.4, -0.2) is 55.3 Å². The molecule has 0 N–H and O–H groups in total. The van der Waals surface area contributed by atoms with Crippen LogP contribution in [0.1, 0.15) is 154 Å². The van der Waals surface area contributed by atoms with E-state index in [1.54, 1.807) is 0 Å². The van der Waals surface area contributed by atoms with Gasteiger partial charge in [0.1, 0.15) is 5.75 Å². The first-order valence-corrected chi connectivity index (χ1v) is 19.1. The number of esters is 1. The number of unbranched alkanes of at least 4 members (excludes halogenated alkanes) is 13. The molecule has 6 nitrogen and oxygen atoms in total. The maximum Gasteiger partial charge on any atom is 0.311 e. The van der Waals surface area contributed by atoms with Crippen molar-refractivity contribution in [3.63, 3.8) is 0 Å². The van der Waals surface area contributed by atoms with E-state index < -0.39 is 0 Å². The Morgan fingerprint density at radius 2 is 1.20 bits per heavy atom. The van der Waals surface area contributed by atoms with E-state index in [9.17, 15) is 4.79 Å². The Hall–Kier alpha value is -1.47. The molecule has 4 aliphatic rings. The van der Waals surface area contributed by atoms with Crippen molar-refractivity contribution < 1.29 is 28.5 Å². The number of epoxide rings is 4. The lowest BCUT2D eigenvalue weighted by Gasteiger charge is -2.07. The van der Waals surface area contributed by atoms with E-state index in [-0.39, 0.29) is 5.97 Å². The van der Waals surface area contributed by atoms with Crippen LogP contribution in [0, 0.1) is 0 Å². The van der Waals surface area contributed by atoms with Gasteiger partial charge in [-0.3, -0.25) is 4.79 Å². The fourth-order valence-electron chi connectivity index (χ4n) is 7.04. The molecule has 1 aromatic rings. The molecule has 0 radical (unpaired) electrons. The van der Waals surface area contributed by atoms with Gasteiger partial charge in [-0.2, -0.15) is 0 Å². The SMILES string of the molecule is CCCCCCCCC1OC1CCCCCCCC(=O)Oc1cccc(CCCCCCCC2OC2CC2OC2CC2CO2)c1. The minimum absolute atomic E-state index is 0.102. The molecule has 4 heterocycles. The molecule has 1 aromatic carbocycles. The second-order valence-corrected chi connectivity index (χ2v) is 14.4. The van der Waals surface area contributed by atoms with E-state index in [2.05, 4.69) is 13.0 Å². The van der Waals surface area contributed by atoms with Gasteiger partial charge in [0.2, 0.25) is 0 Å². The number of benzene rings is 1.